The van der Waals surface area contributed by atoms with Crippen LogP contribution in [0.4, 0.5) is 9.39 Å². The minimum atomic E-state index is -0.426. The first-order valence-corrected chi connectivity index (χ1v) is 6.72. The van der Waals surface area contributed by atoms with E-state index in [2.05, 4.69) is 14.5 Å². The summed E-state index contributed by atoms with van der Waals surface area (Å²) in [6.45, 7) is 1.80. The zero-order chi connectivity index (χ0) is 14.3. The number of aromatic nitrogens is 3. The SMILES string of the molecule is Cc1nsc(N)c1-c1nc(-c2ccc(F)cc2Cl)no1. The van der Waals surface area contributed by atoms with Crippen LogP contribution in [0, 0.1) is 12.7 Å². The summed E-state index contributed by atoms with van der Waals surface area (Å²) in [6, 6.07) is 3.97. The molecule has 0 aliphatic heterocycles. The van der Waals surface area contributed by atoms with Crippen LogP contribution in [0.5, 0.6) is 0 Å². The molecule has 8 heteroatoms. The maximum Gasteiger partial charge on any atom is 0.263 e. The number of aryl methyl sites for hydroxylation is 1. The third kappa shape index (κ3) is 2.14. The van der Waals surface area contributed by atoms with Crippen LogP contribution in [-0.4, -0.2) is 14.5 Å². The normalized spacial score (nSPS) is 10.9. The second kappa shape index (κ2) is 4.84. The molecule has 0 radical (unpaired) electrons. The van der Waals surface area contributed by atoms with Crippen LogP contribution < -0.4 is 5.73 Å². The molecule has 3 rings (SSSR count). The molecule has 0 spiro atoms. The van der Waals surface area contributed by atoms with Gasteiger partial charge >= 0.3 is 0 Å². The van der Waals surface area contributed by atoms with E-state index in [4.69, 9.17) is 21.9 Å². The highest BCUT2D eigenvalue weighted by Gasteiger charge is 2.19. The summed E-state index contributed by atoms with van der Waals surface area (Å²) < 4.78 is 22.3. The molecule has 0 amide bonds. The largest absolute Gasteiger partial charge is 0.389 e. The Balaban J connectivity index is 2.07. The van der Waals surface area contributed by atoms with Crippen molar-refractivity contribution < 1.29 is 8.91 Å². The van der Waals surface area contributed by atoms with Gasteiger partial charge in [0.1, 0.15) is 10.8 Å². The van der Waals surface area contributed by atoms with Crippen molar-refractivity contribution in [3.05, 3.63) is 34.7 Å². The molecule has 0 bridgehead atoms. The number of rotatable bonds is 2. The van der Waals surface area contributed by atoms with Crippen molar-refractivity contribution in [2.45, 2.75) is 6.92 Å². The minimum absolute atomic E-state index is 0.213. The molecule has 3 aromatic rings. The number of anilines is 1. The number of hydrogen-bond acceptors (Lipinski definition) is 6. The average molecular weight is 311 g/mol. The molecule has 5 nitrogen and oxygen atoms in total. The number of nitrogen functional groups attached to an aromatic ring is 1. The van der Waals surface area contributed by atoms with Crippen LogP contribution in [0.3, 0.4) is 0 Å². The summed E-state index contributed by atoms with van der Waals surface area (Å²) in [6.07, 6.45) is 0. The fraction of sp³-hybridized carbons (Fsp3) is 0.0833. The first-order valence-electron chi connectivity index (χ1n) is 5.57. The number of nitrogens with two attached hydrogens (primary N) is 1. The third-order valence-corrected chi connectivity index (χ3v) is 3.78. The van der Waals surface area contributed by atoms with Gasteiger partial charge in [-0.05, 0) is 36.7 Å². The average Bonchev–Trinajstić information content (AvgIpc) is 2.97. The van der Waals surface area contributed by atoms with Crippen molar-refractivity contribution in [3.63, 3.8) is 0 Å². The highest BCUT2D eigenvalue weighted by atomic mass is 35.5. The highest BCUT2D eigenvalue weighted by Crippen LogP contribution is 2.33. The lowest BCUT2D eigenvalue weighted by atomic mass is 10.2. The van der Waals surface area contributed by atoms with Gasteiger partial charge in [-0.3, -0.25) is 0 Å². The lowest BCUT2D eigenvalue weighted by molar-refractivity contribution is 0.432. The molecule has 2 heterocycles. The Hall–Kier alpha value is -1.99. The third-order valence-electron chi connectivity index (χ3n) is 2.70. The van der Waals surface area contributed by atoms with Crippen LogP contribution in [0.15, 0.2) is 22.7 Å². The van der Waals surface area contributed by atoms with Crippen molar-refractivity contribution in [3.8, 4) is 22.8 Å². The lowest BCUT2D eigenvalue weighted by Gasteiger charge is -1.97. The first-order chi connectivity index (χ1) is 9.56. The molecule has 0 aliphatic rings. The Morgan fingerprint density at radius 1 is 1.40 bits per heavy atom. The zero-order valence-corrected chi connectivity index (χ0v) is 11.8. The van der Waals surface area contributed by atoms with Crippen LogP contribution in [0.25, 0.3) is 22.8 Å². The van der Waals surface area contributed by atoms with Gasteiger partial charge in [-0.25, -0.2) is 4.39 Å². The summed E-state index contributed by atoms with van der Waals surface area (Å²) in [5, 5.41) is 4.56. The topological polar surface area (TPSA) is 77.8 Å². The maximum atomic E-state index is 13.0. The van der Waals surface area contributed by atoms with E-state index >= 15 is 0 Å². The fourth-order valence-electron chi connectivity index (χ4n) is 1.75. The van der Waals surface area contributed by atoms with E-state index in [0.717, 1.165) is 11.5 Å². The Bertz CT molecular complexity index is 766. The predicted octanol–water partition coefficient (Wildman–Crippen LogP) is 3.54. The first kappa shape index (κ1) is 13.0. The molecule has 0 aliphatic carbocycles. The summed E-state index contributed by atoms with van der Waals surface area (Å²) in [5.41, 5.74) is 7.65. The number of nitrogens with zero attached hydrogens (tertiary/aromatic N) is 3. The second-order valence-electron chi connectivity index (χ2n) is 4.05. The maximum absolute atomic E-state index is 13.0. The van der Waals surface area contributed by atoms with Crippen molar-refractivity contribution in [2.75, 3.05) is 5.73 Å². The summed E-state index contributed by atoms with van der Waals surface area (Å²) in [7, 11) is 0. The summed E-state index contributed by atoms with van der Waals surface area (Å²) in [5.74, 6) is 0.115. The number of benzene rings is 1. The van der Waals surface area contributed by atoms with E-state index in [-0.39, 0.29) is 16.7 Å². The van der Waals surface area contributed by atoms with Crippen molar-refractivity contribution in [2.24, 2.45) is 0 Å². The monoisotopic (exact) mass is 310 g/mol. The van der Waals surface area contributed by atoms with Crippen LogP contribution in [-0.2, 0) is 0 Å². The van der Waals surface area contributed by atoms with Gasteiger partial charge in [0, 0.05) is 5.56 Å². The summed E-state index contributed by atoms with van der Waals surface area (Å²) in [4.78, 5) is 4.24. The molecule has 0 unspecified atom stereocenters. The standard InChI is InChI=1S/C12H8ClFN4OS/c1-5-9(10(15)20-18-5)12-16-11(17-19-12)7-3-2-6(14)4-8(7)13/h2-4H,15H2,1H3. The van der Waals surface area contributed by atoms with E-state index in [1.807, 2.05) is 0 Å². The molecule has 0 saturated heterocycles. The highest BCUT2D eigenvalue weighted by molar-refractivity contribution is 7.10. The molecular weight excluding hydrogens is 303 g/mol. The molecule has 0 atom stereocenters. The van der Waals surface area contributed by atoms with Gasteiger partial charge in [-0.2, -0.15) is 9.36 Å². The Morgan fingerprint density at radius 2 is 2.20 bits per heavy atom. The molecule has 2 aromatic heterocycles. The van der Waals surface area contributed by atoms with Crippen molar-refractivity contribution in [1.29, 1.82) is 0 Å². The Kier molecular flexibility index (Phi) is 3.15. The molecule has 102 valence electrons. The lowest BCUT2D eigenvalue weighted by Crippen LogP contribution is -1.87. The van der Waals surface area contributed by atoms with Gasteiger partial charge in [0.2, 0.25) is 5.82 Å². The van der Waals surface area contributed by atoms with Crippen LogP contribution >= 0.6 is 23.1 Å². The van der Waals surface area contributed by atoms with Gasteiger partial charge in [-0.15, -0.1) is 0 Å². The molecule has 0 fully saturated rings. The van der Waals surface area contributed by atoms with E-state index in [0.29, 0.717) is 21.8 Å². The van der Waals surface area contributed by atoms with Gasteiger partial charge < -0.3 is 10.3 Å². The van der Waals surface area contributed by atoms with E-state index in [9.17, 15) is 4.39 Å². The molecule has 2 N–H and O–H groups in total. The van der Waals surface area contributed by atoms with E-state index in [1.165, 1.54) is 18.2 Å². The fourth-order valence-corrected chi connectivity index (χ4v) is 2.66. The molecular formula is C12H8ClFN4OS. The van der Waals surface area contributed by atoms with Gasteiger partial charge in [0.15, 0.2) is 0 Å². The Labute approximate surface area is 122 Å². The smallest absolute Gasteiger partial charge is 0.263 e. The molecule has 0 saturated carbocycles. The zero-order valence-electron chi connectivity index (χ0n) is 10.2. The van der Waals surface area contributed by atoms with Crippen LogP contribution in [0.2, 0.25) is 5.02 Å². The van der Waals surface area contributed by atoms with Gasteiger partial charge in [-0.1, -0.05) is 16.8 Å². The second-order valence-corrected chi connectivity index (χ2v) is 5.27. The van der Waals surface area contributed by atoms with E-state index in [1.54, 1.807) is 6.92 Å². The quantitative estimate of drug-likeness (QED) is 0.783. The van der Waals surface area contributed by atoms with Crippen LogP contribution in [0.1, 0.15) is 5.69 Å². The van der Waals surface area contributed by atoms with E-state index < -0.39 is 5.82 Å². The predicted molar refractivity (Wildman–Crippen MR) is 75.0 cm³/mol. The number of hydrogen-bond donors (Lipinski definition) is 1. The Morgan fingerprint density at radius 3 is 2.85 bits per heavy atom. The van der Waals surface area contributed by atoms with Gasteiger partial charge in [0.05, 0.1) is 16.3 Å². The van der Waals surface area contributed by atoms with Gasteiger partial charge in [0.25, 0.3) is 5.89 Å². The minimum Gasteiger partial charge on any atom is -0.389 e. The summed E-state index contributed by atoms with van der Waals surface area (Å²) >= 11 is 7.12. The van der Waals surface area contributed by atoms with Crippen molar-refractivity contribution in [1.82, 2.24) is 14.5 Å². The van der Waals surface area contributed by atoms with Crippen molar-refractivity contribution >= 4 is 28.1 Å². The molecule has 1 aromatic carbocycles. The number of halogens is 2. The molecule has 20 heavy (non-hydrogen) atoms.